The van der Waals surface area contributed by atoms with Crippen LogP contribution in [0.1, 0.15) is 44.9 Å². The van der Waals surface area contributed by atoms with Gasteiger partial charge < -0.3 is 0 Å². The lowest BCUT2D eigenvalue weighted by Crippen LogP contribution is -2.05. The normalized spacial score (nSPS) is 21.2. The molecule has 0 spiro atoms. The van der Waals surface area contributed by atoms with Gasteiger partial charge in [0.15, 0.2) is 0 Å². The van der Waals surface area contributed by atoms with Gasteiger partial charge in [-0.15, -0.1) is 0 Å². The van der Waals surface area contributed by atoms with E-state index in [1.54, 1.807) is 0 Å². The molecule has 0 N–H and O–H groups in total. The molecule has 0 bridgehead atoms. The van der Waals surface area contributed by atoms with Gasteiger partial charge in [-0.2, -0.15) is 0 Å². The maximum Gasteiger partial charge on any atom is -0.0302 e. The molecule has 0 amide bonds. The van der Waals surface area contributed by atoms with Crippen molar-refractivity contribution in [3.63, 3.8) is 0 Å². The van der Waals surface area contributed by atoms with Gasteiger partial charge in [-0.25, -0.2) is 0 Å². The van der Waals surface area contributed by atoms with Gasteiger partial charge in [0.25, 0.3) is 0 Å². The van der Waals surface area contributed by atoms with E-state index in [0.717, 1.165) is 5.92 Å². The van der Waals surface area contributed by atoms with E-state index in [0.29, 0.717) is 0 Å². The van der Waals surface area contributed by atoms with Crippen LogP contribution in [0.3, 0.4) is 0 Å². The Labute approximate surface area is 74.1 Å². The van der Waals surface area contributed by atoms with Crippen LogP contribution in [-0.2, 0) is 0 Å². The lowest BCUT2D eigenvalue weighted by Gasteiger charge is -2.20. The summed E-state index contributed by atoms with van der Waals surface area (Å²) in [4.78, 5) is 0. The monoisotopic (exact) mass is 188 g/mol. The highest BCUT2D eigenvalue weighted by Gasteiger charge is 2.11. The Bertz CT molecular complexity index is 115. The summed E-state index contributed by atoms with van der Waals surface area (Å²) >= 11 is 0. The van der Waals surface area contributed by atoms with Crippen molar-refractivity contribution in [2.45, 2.75) is 44.9 Å². The zero-order valence-corrected chi connectivity index (χ0v) is 9.18. The van der Waals surface area contributed by atoms with E-state index < -0.39 is 0 Å². The first-order chi connectivity index (χ1) is 5.43. The highest BCUT2D eigenvalue weighted by atomic mass is 32.0. The van der Waals surface area contributed by atoms with Crippen LogP contribution < -0.4 is 0 Å². The van der Waals surface area contributed by atoms with Crippen molar-refractivity contribution in [1.29, 1.82) is 0 Å². The van der Waals surface area contributed by atoms with Crippen molar-refractivity contribution in [1.82, 2.24) is 0 Å². The van der Waals surface area contributed by atoms with E-state index in [1.807, 2.05) is 0 Å². The fraction of sp³-hybridized carbons (Fsp3) is 0.889. The molecule has 1 aliphatic carbocycles. The zero-order chi connectivity index (χ0) is 7.94. The molecule has 0 nitrogen and oxygen atoms in total. The van der Waals surface area contributed by atoms with Crippen molar-refractivity contribution in [2.24, 2.45) is 5.92 Å². The molecule has 0 aromatic rings. The maximum atomic E-state index is 2.73. The molecule has 1 rings (SSSR count). The predicted molar refractivity (Wildman–Crippen MR) is 58.5 cm³/mol. The Balaban J connectivity index is 2.04. The van der Waals surface area contributed by atoms with Crippen LogP contribution in [0.15, 0.2) is 0 Å². The Kier molecular flexibility index (Phi) is 5.42. The molecule has 1 atom stereocenters. The Morgan fingerprint density at radius 2 is 2.00 bits per heavy atom. The first kappa shape index (κ1) is 9.69. The fourth-order valence-corrected chi connectivity index (χ4v) is 2.61. The first-order valence-electron chi connectivity index (χ1n) is 4.65. The average Bonchev–Trinajstić information content (AvgIpc) is 2.07. The van der Waals surface area contributed by atoms with E-state index in [2.05, 4.69) is 14.7 Å². The molecule has 64 valence electrons. The lowest BCUT2D eigenvalue weighted by molar-refractivity contribution is 0.344. The van der Waals surface area contributed by atoms with Crippen molar-refractivity contribution in [3.05, 3.63) is 0 Å². The minimum absolute atomic E-state index is 1.06. The summed E-state index contributed by atoms with van der Waals surface area (Å²) in [6.07, 6.45) is 10.2. The summed E-state index contributed by atoms with van der Waals surface area (Å²) in [5, 5.41) is 0. The average molecular weight is 188 g/mol. The van der Waals surface area contributed by atoms with Crippen molar-refractivity contribution >= 4 is 22.6 Å². The van der Waals surface area contributed by atoms with Crippen LogP contribution in [0.25, 0.3) is 0 Å². The Morgan fingerprint density at radius 3 is 2.64 bits per heavy atom. The second kappa shape index (κ2) is 6.15. The molecule has 0 radical (unpaired) electrons. The molecule has 1 aliphatic rings. The second-order valence-electron chi connectivity index (χ2n) is 3.41. The Morgan fingerprint density at radius 1 is 1.27 bits per heavy atom. The lowest BCUT2D eigenvalue weighted by atomic mass is 9.86. The van der Waals surface area contributed by atoms with Gasteiger partial charge in [0, 0.05) is 0 Å². The molecular weight excluding hydrogens is 170 g/mol. The fourth-order valence-electron chi connectivity index (χ4n) is 1.86. The van der Waals surface area contributed by atoms with Crippen LogP contribution in [0.2, 0.25) is 0 Å². The zero-order valence-electron chi connectivity index (χ0n) is 7.13. The van der Waals surface area contributed by atoms with Crippen molar-refractivity contribution < 1.29 is 0 Å². The molecule has 1 unspecified atom stereocenters. The number of hydrogen-bond donors (Lipinski definition) is 0. The van der Waals surface area contributed by atoms with E-state index in [-0.39, 0.29) is 0 Å². The van der Waals surface area contributed by atoms with Crippen molar-refractivity contribution in [3.8, 4) is 0 Å². The highest BCUT2D eigenvalue weighted by Crippen LogP contribution is 2.27. The standard InChI is InChI=1S/C9H18P2/c10-11-8-4-7-9-5-2-1-3-6-9/h8-9H,1-7,10H2. The van der Waals surface area contributed by atoms with Crippen LogP contribution in [-0.4, -0.2) is 5.80 Å². The largest absolute Gasteiger partial charge is 0.0873 e. The summed E-state index contributed by atoms with van der Waals surface area (Å²) in [6.45, 7) is 0. The molecule has 0 saturated heterocycles. The third-order valence-corrected chi connectivity index (χ3v) is 3.64. The molecule has 0 aromatic heterocycles. The van der Waals surface area contributed by atoms with E-state index in [4.69, 9.17) is 0 Å². The summed E-state index contributed by atoms with van der Waals surface area (Å²) in [7, 11) is 4.11. The van der Waals surface area contributed by atoms with E-state index >= 15 is 0 Å². The van der Waals surface area contributed by atoms with Crippen molar-refractivity contribution in [2.75, 3.05) is 0 Å². The van der Waals surface area contributed by atoms with Gasteiger partial charge in [0.2, 0.25) is 0 Å². The summed E-state index contributed by atoms with van der Waals surface area (Å²) in [6, 6.07) is 0. The smallest absolute Gasteiger partial charge is 0.0302 e. The molecular formula is C9H18P2. The molecule has 11 heavy (non-hydrogen) atoms. The predicted octanol–water partition coefficient (Wildman–Crippen LogP) is 3.89. The van der Waals surface area contributed by atoms with E-state index in [1.165, 1.54) is 52.8 Å². The number of hydrogen-bond acceptors (Lipinski definition) is 0. The van der Waals surface area contributed by atoms with Crippen LogP contribution >= 0.6 is 16.8 Å². The third-order valence-electron chi connectivity index (χ3n) is 2.53. The minimum atomic E-state index is 1.06. The van der Waals surface area contributed by atoms with Crippen LogP contribution in [0, 0.1) is 5.92 Å². The van der Waals surface area contributed by atoms with Gasteiger partial charge in [-0.3, -0.25) is 0 Å². The second-order valence-corrected chi connectivity index (χ2v) is 4.97. The van der Waals surface area contributed by atoms with Gasteiger partial charge in [0.05, 0.1) is 0 Å². The molecule has 0 aromatic carbocycles. The quantitative estimate of drug-likeness (QED) is 0.589. The molecule has 1 saturated carbocycles. The molecule has 0 aliphatic heterocycles. The highest BCUT2D eigenvalue weighted by molar-refractivity contribution is 8.01. The van der Waals surface area contributed by atoms with Gasteiger partial charge in [-0.1, -0.05) is 54.7 Å². The summed E-state index contributed by atoms with van der Waals surface area (Å²) in [5.41, 5.74) is 0. The number of rotatable bonds is 3. The summed E-state index contributed by atoms with van der Waals surface area (Å²) < 4.78 is 0. The summed E-state index contributed by atoms with van der Waals surface area (Å²) in [5.74, 6) is 3.42. The minimum Gasteiger partial charge on any atom is -0.0873 e. The Hall–Kier alpha value is 0.600. The van der Waals surface area contributed by atoms with Gasteiger partial charge in [0.1, 0.15) is 0 Å². The SMILES string of the molecule is PP=CCCC1CCCCC1. The maximum absolute atomic E-state index is 2.73. The van der Waals surface area contributed by atoms with Gasteiger partial charge >= 0.3 is 0 Å². The molecule has 2 heteroatoms. The third kappa shape index (κ3) is 4.24. The van der Waals surface area contributed by atoms with Gasteiger partial charge in [-0.05, 0) is 18.8 Å². The molecule has 1 fully saturated rings. The van der Waals surface area contributed by atoms with Crippen LogP contribution in [0.5, 0.6) is 0 Å². The molecule has 0 heterocycles. The topological polar surface area (TPSA) is 0 Å². The van der Waals surface area contributed by atoms with E-state index in [9.17, 15) is 0 Å². The van der Waals surface area contributed by atoms with Crippen LogP contribution in [0.4, 0.5) is 0 Å². The first-order valence-corrected chi connectivity index (χ1v) is 7.23.